The van der Waals surface area contributed by atoms with Crippen molar-refractivity contribution in [2.75, 3.05) is 20.2 Å². The van der Waals surface area contributed by atoms with Crippen molar-refractivity contribution in [3.63, 3.8) is 0 Å². The molecule has 0 aromatic carbocycles. The molecule has 0 radical (unpaired) electrons. The van der Waals surface area contributed by atoms with Crippen LogP contribution in [-0.2, 0) is 9.47 Å². The maximum Gasteiger partial charge on any atom is 0.0731 e. The lowest BCUT2D eigenvalue weighted by molar-refractivity contribution is -0.0901. The number of nitrogens with one attached hydrogen (secondary N) is 1. The highest BCUT2D eigenvalue weighted by atomic mass is 16.5. The second-order valence-electron chi connectivity index (χ2n) is 4.60. The Morgan fingerprint density at radius 2 is 1.77 bits per heavy atom. The van der Waals surface area contributed by atoms with Crippen molar-refractivity contribution >= 4 is 0 Å². The number of rotatable bonds is 2. The molecule has 1 saturated heterocycles. The minimum Gasteiger partial charge on any atom is -0.380 e. The van der Waals surface area contributed by atoms with Crippen LogP contribution in [-0.4, -0.2) is 38.0 Å². The summed E-state index contributed by atoms with van der Waals surface area (Å²) in [6, 6.07) is 0. The van der Waals surface area contributed by atoms with E-state index in [1.165, 1.54) is 0 Å². The smallest absolute Gasteiger partial charge is 0.0731 e. The standard InChI is InChI=1S/C10H21NO2/c1-10(2,3)13-9-5-8(12-4)6-11-7-9/h8-9,11H,5-7H2,1-4H3/t8-,9-/m0/s1. The summed E-state index contributed by atoms with van der Waals surface area (Å²) >= 11 is 0. The summed E-state index contributed by atoms with van der Waals surface area (Å²) in [7, 11) is 1.76. The summed E-state index contributed by atoms with van der Waals surface area (Å²) < 4.78 is 11.2. The van der Waals surface area contributed by atoms with E-state index in [4.69, 9.17) is 9.47 Å². The van der Waals surface area contributed by atoms with Gasteiger partial charge in [-0.1, -0.05) is 0 Å². The molecule has 1 fully saturated rings. The maximum absolute atomic E-state index is 5.87. The minimum absolute atomic E-state index is 0.0536. The number of hydrogen-bond donors (Lipinski definition) is 1. The van der Waals surface area contributed by atoms with Gasteiger partial charge in [-0.05, 0) is 20.8 Å². The van der Waals surface area contributed by atoms with E-state index in [9.17, 15) is 0 Å². The van der Waals surface area contributed by atoms with Gasteiger partial charge in [0.25, 0.3) is 0 Å². The molecule has 13 heavy (non-hydrogen) atoms. The lowest BCUT2D eigenvalue weighted by atomic mass is 10.1. The third-order valence-electron chi connectivity index (χ3n) is 2.12. The molecule has 1 aliphatic rings. The average molecular weight is 187 g/mol. The molecule has 0 unspecified atom stereocenters. The van der Waals surface area contributed by atoms with Gasteiger partial charge in [0.1, 0.15) is 0 Å². The fourth-order valence-corrected chi connectivity index (χ4v) is 1.63. The van der Waals surface area contributed by atoms with Crippen LogP contribution in [0.5, 0.6) is 0 Å². The third kappa shape index (κ3) is 4.07. The summed E-state index contributed by atoms with van der Waals surface area (Å²) in [6.07, 6.45) is 1.60. The quantitative estimate of drug-likeness (QED) is 0.704. The zero-order chi connectivity index (χ0) is 9.90. The molecule has 0 aliphatic carbocycles. The molecular formula is C10H21NO2. The fourth-order valence-electron chi connectivity index (χ4n) is 1.63. The Hall–Kier alpha value is -0.120. The van der Waals surface area contributed by atoms with Crippen molar-refractivity contribution in [2.45, 2.75) is 45.0 Å². The van der Waals surface area contributed by atoms with Gasteiger partial charge in [0.15, 0.2) is 0 Å². The van der Waals surface area contributed by atoms with Gasteiger partial charge in [0.05, 0.1) is 17.8 Å². The fraction of sp³-hybridized carbons (Fsp3) is 1.00. The number of ether oxygens (including phenoxy) is 2. The first-order chi connectivity index (χ1) is 6.01. The van der Waals surface area contributed by atoms with Crippen molar-refractivity contribution in [2.24, 2.45) is 0 Å². The highest BCUT2D eigenvalue weighted by Crippen LogP contribution is 2.17. The maximum atomic E-state index is 5.87. The predicted molar refractivity (Wildman–Crippen MR) is 52.9 cm³/mol. The summed E-state index contributed by atoms with van der Waals surface area (Å²) in [5.41, 5.74) is -0.0536. The second kappa shape index (κ2) is 4.40. The van der Waals surface area contributed by atoms with Crippen molar-refractivity contribution in [3.05, 3.63) is 0 Å². The Morgan fingerprint density at radius 1 is 1.15 bits per heavy atom. The molecule has 2 atom stereocenters. The van der Waals surface area contributed by atoms with Crippen LogP contribution < -0.4 is 5.32 Å². The van der Waals surface area contributed by atoms with Crippen LogP contribution in [0, 0.1) is 0 Å². The third-order valence-corrected chi connectivity index (χ3v) is 2.12. The Morgan fingerprint density at radius 3 is 2.31 bits per heavy atom. The van der Waals surface area contributed by atoms with Crippen LogP contribution in [0.4, 0.5) is 0 Å². The lowest BCUT2D eigenvalue weighted by Gasteiger charge is -2.33. The molecule has 3 nitrogen and oxygen atoms in total. The van der Waals surface area contributed by atoms with Gasteiger partial charge in [-0.25, -0.2) is 0 Å². The van der Waals surface area contributed by atoms with Crippen LogP contribution in [0.3, 0.4) is 0 Å². The van der Waals surface area contributed by atoms with E-state index >= 15 is 0 Å². The van der Waals surface area contributed by atoms with Crippen LogP contribution in [0.25, 0.3) is 0 Å². The highest BCUT2D eigenvalue weighted by Gasteiger charge is 2.25. The van der Waals surface area contributed by atoms with Gasteiger partial charge in [-0.3, -0.25) is 0 Å². The molecule has 3 heteroatoms. The zero-order valence-electron chi connectivity index (χ0n) is 9.09. The molecule has 0 bridgehead atoms. The summed E-state index contributed by atoms with van der Waals surface area (Å²) in [6.45, 7) is 8.15. The zero-order valence-corrected chi connectivity index (χ0v) is 9.09. The van der Waals surface area contributed by atoms with Crippen LogP contribution in [0.15, 0.2) is 0 Å². The van der Waals surface area contributed by atoms with Crippen molar-refractivity contribution < 1.29 is 9.47 Å². The highest BCUT2D eigenvalue weighted by molar-refractivity contribution is 4.79. The molecule has 1 aliphatic heterocycles. The predicted octanol–water partition coefficient (Wildman–Crippen LogP) is 1.18. The first kappa shape index (κ1) is 11.0. The van der Waals surface area contributed by atoms with Crippen molar-refractivity contribution in [3.8, 4) is 0 Å². The molecule has 78 valence electrons. The molecule has 1 rings (SSSR count). The van der Waals surface area contributed by atoms with Gasteiger partial charge in [-0.2, -0.15) is 0 Å². The van der Waals surface area contributed by atoms with Crippen LogP contribution in [0.2, 0.25) is 0 Å². The van der Waals surface area contributed by atoms with E-state index in [2.05, 4.69) is 26.1 Å². The molecule has 0 aromatic rings. The van der Waals surface area contributed by atoms with Gasteiger partial charge in [0, 0.05) is 26.6 Å². The number of methoxy groups -OCH3 is 1. The first-order valence-electron chi connectivity index (χ1n) is 4.92. The van der Waals surface area contributed by atoms with Gasteiger partial charge in [-0.15, -0.1) is 0 Å². The summed E-state index contributed by atoms with van der Waals surface area (Å²) in [5.74, 6) is 0. The Balaban J connectivity index is 2.34. The molecule has 0 saturated carbocycles. The van der Waals surface area contributed by atoms with Gasteiger partial charge < -0.3 is 14.8 Å². The molecule has 0 amide bonds. The minimum atomic E-state index is -0.0536. The SMILES string of the molecule is CO[C@@H]1CNC[C@@H](OC(C)(C)C)C1. The largest absolute Gasteiger partial charge is 0.380 e. The van der Waals surface area contributed by atoms with E-state index in [1.54, 1.807) is 7.11 Å². The van der Waals surface area contributed by atoms with E-state index in [1.807, 2.05) is 0 Å². The van der Waals surface area contributed by atoms with E-state index in [-0.39, 0.29) is 5.60 Å². The Labute approximate surface area is 80.8 Å². The van der Waals surface area contributed by atoms with Crippen molar-refractivity contribution in [1.82, 2.24) is 5.32 Å². The molecule has 1 heterocycles. The summed E-state index contributed by atoms with van der Waals surface area (Å²) in [4.78, 5) is 0. The monoisotopic (exact) mass is 187 g/mol. The lowest BCUT2D eigenvalue weighted by Crippen LogP contribution is -2.46. The summed E-state index contributed by atoms with van der Waals surface area (Å²) in [5, 5.41) is 3.31. The van der Waals surface area contributed by atoms with Gasteiger partial charge in [0.2, 0.25) is 0 Å². The van der Waals surface area contributed by atoms with Crippen molar-refractivity contribution in [1.29, 1.82) is 0 Å². The van der Waals surface area contributed by atoms with Crippen LogP contribution in [0.1, 0.15) is 27.2 Å². The van der Waals surface area contributed by atoms with Gasteiger partial charge >= 0.3 is 0 Å². The Bertz CT molecular complexity index is 153. The molecule has 0 aromatic heterocycles. The number of hydrogen-bond acceptors (Lipinski definition) is 3. The molecular weight excluding hydrogens is 166 g/mol. The topological polar surface area (TPSA) is 30.5 Å². The Kier molecular flexibility index (Phi) is 3.71. The first-order valence-corrected chi connectivity index (χ1v) is 4.92. The van der Waals surface area contributed by atoms with Crippen LogP contribution >= 0.6 is 0 Å². The average Bonchev–Trinajstić information content (AvgIpc) is 2.01. The normalized spacial score (nSPS) is 30.5. The van der Waals surface area contributed by atoms with E-state index in [0.29, 0.717) is 12.2 Å². The second-order valence-corrected chi connectivity index (χ2v) is 4.60. The van der Waals surface area contributed by atoms with E-state index < -0.39 is 0 Å². The number of piperidine rings is 1. The van der Waals surface area contributed by atoms with E-state index in [0.717, 1.165) is 19.5 Å². The molecule has 1 N–H and O–H groups in total. The molecule has 0 spiro atoms.